The maximum absolute atomic E-state index is 12.3. The summed E-state index contributed by atoms with van der Waals surface area (Å²) in [5, 5.41) is 9.78. The number of benzene rings is 2. The first-order valence-electron chi connectivity index (χ1n) is 7.15. The van der Waals surface area contributed by atoms with E-state index in [0.717, 1.165) is 11.1 Å². The van der Waals surface area contributed by atoms with Gasteiger partial charge < -0.3 is 0 Å². The number of sulfonamides is 1. The van der Waals surface area contributed by atoms with Crippen LogP contribution in [0.2, 0.25) is 0 Å². The van der Waals surface area contributed by atoms with Crippen LogP contribution >= 0.6 is 0 Å². The number of hydrogen-bond donors (Lipinski definition) is 2. The Morgan fingerprint density at radius 3 is 2.17 bits per heavy atom. The highest BCUT2D eigenvalue weighted by Crippen LogP contribution is 2.21. The maximum atomic E-state index is 12.3. The molecule has 23 heavy (non-hydrogen) atoms. The fourth-order valence-electron chi connectivity index (χ4n) is 2.49. The molecule has 3 rings (SSSR count). The van der Waals surface area contributed by atoms with E-state index in [1.54, 1.807) is 12.1 Å². The van der Waals surface area contributed by atoms with Crippen LogP contribution < -0.4 is 4.72 Å². The Morgan fingerprint density at radius 2 is 1.61 bits per heavy atom. The molecule has 0 saturated carbocycles. The second-order valence-corrected chi connectivity index (χ2v) is 7.03. The van der Waals surface area contributed by atoms with Crippen molar-refractivity contribution in [1.82, 2.24) is 9.79 Å². The summed E-state index contributed by atoms with van der Waals surface area (Å²) in [5.74, 6) is -0.630. The third-order valence-electron chi connectivity index (χ3n) is 3.75. The van der Waals surface area contributed by atoms with Crippen molar-refractivity contribution in [1.29, 1.82) is 0 Å². The molecule has 1 aliphatic rings. The molecule has 2 aromatic rings. The highest BCUT2D eigenvalue weighted by atomic mass is 32.2. The molecule has 0 aromatic heterocycles. The Bertz CT molecular complexity index is 804. The minimum absolute atomic E-state index is 0.0846. The van der Waals surface area contributed by atoms with E-state index in [-0.39, 0.29) is 17.9 Å². The molecule has 6 nitrogen and oxygen atoms in total. The van der Waals surface area contributed by atoms with Crippen molar-refractivity contribution in [2.45, 2.75) is 17.4 Å². The molecule has 0 spiro atoms. The lowest BCUT2D eigenvalue weighted by atomic mass is 10.1. The first kappa shape index (κ1) is 15.7. The van der Waals surface area contributed by atoms with Crippen LogP contribution in [0.3, 0.4) is 0 Å². The first-order valence-corrected chi connectivity index (χ1v) is 8.64. The zero-order valence-electron chi connectivity index (χ0n) is 12.2. The summed E-state index contributed by atoms with van der Waals surface area (Å²) in [4.78, 5) is 11.7. The molecule has 120 valence electrons. The second kappa shape index (κ2) is 6.11. The molecular weight excluding hydrogens is 316 g/mol. The van der Waals surface area contributed by atoms with Crippen molar-refractivity contribution < 1.29 is 18.4 Å². The Kier molecular flexibility index (Phi) is 4.16. The van der Waals surface area contributed by atoms with Crippen LogP contribution in [-0.4, -0.2) is 37.2 Å². The van der Waals surface area contributed by atoms with Gasteiger partial charge in [0.1, 0.15) is 6.04 Å². The van der Waals surface area contributed by atoms with Gasteiger partial charge >= 0.3 is 0 Å². The molecule has 0 aliphatic carbocycles. The summed E-state index contributed by atoms with van der Waals surface area (Å²) in [5.41, 5.74) is 1.90. The summed E-state index contributed by atoms with van der Waals surface area (Å²) in [6.07, 6.45) is 0.247. The minimum atomic E-state index is -3.81. The molecule has 0 radical (unpaired) electrons. The van der Waals surface area contributed by atoms with Crippen LogP contribution in [0.15, 0.2) is 59.5 Å². The van der Waals surface area contributed by atoms with E-state index in [1.807, 2.05) is 30.3 Å². The average molecular weight is 332 g/mol. The number of hydroxylamine groups is 2. The lowest BCUT2D eigenvalue weighted by Gasteiger charge is -2.12. The lowest BCUT2D eigenvalue weighted by Crippen LogP contribution is -2.40. The third kappa shape index (κ3) is 3.26. The molecule has 1 aliphatic heterocycles. The van der Waals surface area contributed by atoms with Crippen LogP contribution in [0, 0.1) is 0 Å². The van der Waals surface area contributed by atoms with Gasteiger partial charge in [0, 0.05) is 0 Å². The van der Waals surface area contributed by atoms with E-state index in [1.165, 1.54) is 12.1 Å². The molecule has 1 heterocycles. The van der Waals surface area contributed by atoms with E-state index in [4.69, 9.17) is 0 Å². The van der Waals surface area contributed by atoms with Crippen LogP contribution in [0.25, 0.3) is 11.1 Å². The van der Waals surface area contributed by atoms with Gasteiger partial charge in [-0.3, -0.25) is 10.0 Å². The van der Waals surface area contributed by atoms with Crippen LogP contribution in [0.1, 0.15) is 6.42 Å². The summed E-state index contributed by atoms with van der Waals surface area (Å²) in [7, 11) is -3.81. The number of nitrogens with zero attached hydrogens (tertiary/aromatic N) is 1. The number of hydrogen-bond acceptors (Lipinski definition) is 4. The summed E-state index contributed by atoms with van der Waals surface area (Å²) in [6.45, 7) is 0.124. The second-order valence-electron chi connectivity index (χ2n) is 5.31. The standard InChI is InChI=1S/C16H16N2O4S/c19-16-15(10-11-18(16)20)17-23(21,22)14-8-6-13(7-9-14)12-4-2-1-3-5-12/h1-9,15,17,20H,10-11H2. The van der Waals surface area contributed by atoms with Crippen LogP contribution in [-0.2, 0) is 14.8 Å². The zero-order chi connectivity index (χ0) is 16.4. The minimum Gasteiger partial charge on any atom is -0.286 e. The molecule has 1 amide bonds. The van der Waals surface area contributed by atoms with Gasteiger partial charge in [-0.2, -0.15) is 4.72 Å². The van der Waals surface area contributed by atoms with E-state index in [0.29, 0.717) is 5.06 Å². The predicted molar refractivity (Wildman–Crippen MR) is 84.1 cm³/mol. The van der Waals surface area contributed by atoms with Crippen LogP contribution in [0.5, 0.6) is 0 Å². The molecule has 1 atom stereocenters. The molecule has 1 saturated heterocycles. The van der Waals surface area contributed by atoms with Crippen molar-refractivity contribution in [2.24, 2.45) is 0 Å². The summed E-state index contributed by atoms with van der Waals surface area (Å²) in [6, 6.07) is 15.1. The molecular formula is C16H16N2O4S. The molecule has 1 fully saturated rings. The molecule has 0 bridgehead atoms. The molecule has 7 heteroatoms. The van der Waals surface area contributed by atoms with Gasteiger partial charge in [-0.15, -0.1) is 0 Å². The van der Waals surface area contributed by atoms with E-state index in [2.05, 4.69) is 4.72 Å². The molecule has 2 N–H and O–H groups in total. The highest BCUT2D eigenvalue weighted by molar-refractivity contribution is 7.89. The fourth-order valence-corrected chi connectivity index (χ4v) is 3.71. The SMILES string of the molecule is O=C1C(NS(=O)(=O)c2ccc(-c3ccccc3)cc2)CCN1O. The van der Waals surface area contributed by atoms with Gasteiger partial charge in [0.2, 0.25) is 10.0 Å². The van der Waals surface area contributed by atoms with Crippen molar-refractivity contribution in [3.05, 3.63) is 54.6 Å². The number of carbonyl (C=O) groups is 1. The summed E-state index contributed by atoms with van der Waals surface area (Å²) >= 11 is 0. The Hall–Kier alpha value is -2.22. The fraction of sp³-hybridized carbons (Fsp3) is 0.188. The van der Waals surface area contributed by atoms with E-state index in [9.17, 15) is 18.4 Å². The number of carbonyl (C=O) groups excluding carboxylic acids is 1. The predicted octanol–water partition coefficient (Wildman–Crippen LogP) is 1.62. The van der Waals surface area contributed by atoms with Gasteiger partial charge in [-0.25, -0.2) is 13.5 Å². The number of nitrogens with one attached hydrogen (secondary N) is 1. The normalized spacial score (nSPS) is 18.4. The first-order chi connectivity index (χ1) is 11.0. The van der Waals surface area contributed by atoms with Gasteiger partial charge in [-0.05, 0) is 29.7 Å². The maximum Gasteiger partial charge on any atom is 0.264 e. The lowest BCUT2D eigenvalue weighted by molar-refractivity contribution is -0.158. The zero-order valence-corrected chi connectivity index (χ0v) is 13.0. The number of rotatable bonds is 4. The van der Waals surface area contributed by atoms with Gasteiger partial charge in [0.05, 0.1) is 11.4 Å². The van der Waals surface area contributed by atoms with E-state index < -0.39 is 22.0 Å². The van der Waals surface area contributed by atoms with Crippen molar-refractivity contribution in [3.8, 4) is 11.1 Å². The Morgan fingerprint density at radius 1 is 1.00 bits per heavy atom. The average Bonchev–Trinajstić information content (AvgIpc) is 2.87. The van der Waals surface area contributed by atoms with Crippen molar-refractivity contribution in [3.63, 3.8) is 0 Å². The van der Waals surface area contributed by atoms with Gasteiger partial charge in [-0.1, -0.05) is 42.5 Å². The Labute approximate surface area is 134 Å². The quantitative estimate of drug-likeness (QED) is 0.833. The smallest absolute Gasteiger partial charge is 0.264 e. The van der Waals surface area contributed by atoms with Crippen molar-refractivity contribution in [2.75, 3.05) is 6.54 Å². The highest BCUT2D eigenvalue weighted by Gasteiger charge is 2.34. The Balaban J connectivity index is 1.80. The van der Waals surface area contributed by atoms with Gasteiger partial charge in [0.25, 0.3) is 5.91 Å². The van der Waals surface area contributed by atoms with E-state index >= 15 is 0 Å². The molecule has 2 aromatic carbocycles. The van der Waals surface area contributed by atoms with Crippen LogP contribution in [0.4, 0.5) is 0 Å². The monoisotopic (exact) mass is 332 g/mol. The third-order valence-corrected chi connectivity index (χ3v) is 5.24. The largest absolute Gasteiger partial charge is 0.286 e. The number of amides is 1. The van der Waals surface area contributed by atoms with Crippen molar-refractivity contribution >= 4 is 15.9 Å². The summed E-state index contributed by atoms with van der Waals surface area (Å²) < 4.78 is 27.0. The molecule has 1 unspecified atom stereocenters. The topological polar surface area (TPSA) is 86.7 Å². The van der Waals surface area contributed by atoms with Gasteiger partial charge in [0.15, 0.2) is 0 Å².